The third-order valence-corrected chi connectivity index (χ3v) is 4.94. The molecule has 0 aromatic heterocycles. The Hall–Kier alpha value is -2.56. The summed E-state index contributed by atoms with van der Waals surface area (Å²) in [5, 5.41) is 5.93. The van der Waals surface area contributed by atoms with Gasteiger partial charge in [0.05, 0.1) is 5.69 Å². The van der Waals surface area contributed by atoms with Crippen molar-refractivity contribution in [3.63, 3.8) is 0 Å². The summed E-state index contributed by atoms with van der Waals surface area (Å²) in [7, 11) is 0. The van der Waals surface area contributed by atoms with Crippen molar-refractivity contribution < 1.29 is 4.84 Å². The van der Waals surface area contributed by atoms with Gasteiger partial charge in [0, 0.05) is 12.2 Å². The van der Waals surface area contributed by atoms with Crippen LogP contribution in [0.25, 0.3) is 10.8 Å². The van der Waals surface area contributed by atoms with E-state index in [9.17, 15) is 0 Å². The van der Waals surface area contributed by atoms with Crippen molar-refractivity contribution in [2.24, 2.45) is 5.73 Å². The van der Waals surface area contributed by atoms with Crippen LogP contribution in [-0.2, 0) is 11.3 Å². The molecule has 0 radical (unpaired) electrons. The van der Waals surface area contributed by atoms with Gasteiger partial charge in [0.1, 0.15) is 6.10 Å². The zero-order valence-electron chi connectivity index (χ0n) is 18.9. The van der Waals surface area contributed by atoms with E-state index in [0.717, 1.165) is 37.1 Å². The Morgan fingerprint density at radius 2 is 1.70 bits per heavy atom. The lowest BCUT2D eigenvalue weighted by Gasteiger charge is -2.20. The first-order valence-electron chi connectivity index (χ1n) is 11.2. The highest BCUT2D eigenvalue weighted by molar-refractivity contribution is 5.83. The van der Waals surface area contributed by atoms with E-state index in [2.05, 4.69) is 85.3 Å². The lowest BCUT2D eigenvalue weighted by atomic mass is 10.0. The Kier molecular flexibility index (Phi) is 10.2. The number of hydrogen-bond acceptors (Lipinski definition) is 4. The standard InChI is InChI=1S/C24H31N3O.C2H6/c1-3-15-26-23-12-11-22(17-18(23)4-2)27-28-24(13-14-25)21-10-9-19-7-5-6-8-20(19)16-21;1-2/h5-12,16-17,24,26-27H,3-4,13-15,25H2,1-2H3;1-2H3. The molecule has 4 nitrogen and oxygen atoms in total. The lowest BCUT2D eigenvalue weighted by Crippen LogP contribution is -2.14. The van der Waals surface area contributed by atoms with E-state index in [1.807, 2.05) is 13.8 Å². The molecule has 1 unspecified atom stereocenters. The third-order valence-electron chi connectivity index (χ3n) is 4.94. The molecule has 0 saturated carbocycles. The van der Waals surface area contributed by atoms with Gasteiger partial charge in [-0.2, -0.15) is 0 Å². The number of benzene rings is 3. The predicted molar refractivity (Wildman–Crippen MR) is 131 cm³/mol. The van der Waals surface area contributed by atoms with Gasteiger partial charge in [-0.3, -0.25) is 10.3 Å². The fourth-order valence-corrected chi connectivity index (χ4v) is 3.37. The largest absolute Gasteiger partial charge is 0.385 e. The van der Waals surface area contributed by atoms with Gasteiger partial charge in [-0.1, -0.05) is 64.1 Å². The average molecular weight is 408 g/mol. The molecule has 0 fully saturated rings. The van der Waals surface area contributed by atoms with Crippen LogP contribution >= 0.6 is 0 Å². The normalized spacial score (nSPS) is 11.5. The molecule has 1 atom stereocenters. The summed E-state index contributed by atoms with van der Waals surface area (Å²) in [6.45, 7) is 9.90. The number of rotatable bonds is 10. The fraction of sp³-hybridized carbons (Fsp3) is 0.385. The maximum atomic E-state index is 6.07. The number of nitrogens with two attached hydrogens (primary N) is 1. The monoisotopic (exact) mass is 407 g/mol. The van der Waals surface area contributed by atoms with Gasteiger partial charge in [-0.15, -0.1) is 0 Å². The molecule has 0 aliphatic carbocycles. The van der Waals surface area contributed by atoms with Gasteiger partial charge in [0.25, 0.3) is 0 Å². The first-order chi connectivity index (χ1) is 14.7. The summed E-state index contributed by atoms with van der Waals surface area (Å²) in [5.41, 5.74) is 13.6. The molecule has 3 aromatic carbocycles. The topological polar surface area (TPSA) is 59.3 Å². The maximum absolute atomic E-state index is 6.07. The second kappa shape index (κ2) is 12.9. The molecule has 30 heavy (non-hydrogen) atoms. The smallest absolute Gasteiger partial charge is 0.112 e. The second-order valence-electron chi connectivity index (χ2n) is 7.04. The third kappa shape index (κ3) is 6.48. The van der Waals surface area contributed by atoms with Crippen molar-refractivity contribution in [2.45, 2.75) is 53.1 Å². The van der Waals surface area contributed by atoms with Crippen LogP contribution in [0.15, 0.2) is 60.7 Å². The number of fused-ring (bicyclic) bond motifs is 1. The van der Waals surface area contributed by atoms with Crippen molar-refractivity contribution in [1.82, 2.24) is 0 Å². The van der Waals surface area contributed by atoms with Gasteiger partial charge in [0.15, 0.2) is 0 Å². The Labute approximate surface area is 181 Å². The molecule has 0 spiro atoms. The molecule has 4 heteroatoms. The minimum atomic E-state index is -0.0995. The predicted octanol–water partition coefficient (Wildman–Crippen LogP) is 6.68. The molecule has 3 aromatic rings. The lowest BCUT2D eigenvalue weighted by molar-refractivity contribution is 0.0949. The van der Waals surface area contributed by atoms with Crippen LogP contribution in [0.1, 0.15) is 57.8 Å². The number of nitrogens with one attached hydrogen (secondary N) is 2. The Bertz CT molecular complexity index is 894. The fourth-order valence-electron chi connectivity index (χ4n) is 3.37. The minimum Gasteiger partial charge on any atom is -0.385 e. The molecule has 0 aliphatic rings. The summed E-state index contributed by atoms with van der Waals surface area (Å²) in [6.07, 6.45) is 2.73. The zero-order valence-corrected chi connectivity index (χ0v) is 18.9. The summed E-state index contributed by atoms with van der Waals surface area (Å²) in [4.78, 5) is 6.07. The first-order valence-corrected chi connectivity index (χ1v) is 11.2. The average Bonchev–Trinajstić information content (AvgIpc) is 2.81. The van der Waals surface area contributed by atoms with E-state index in [4.69, 9.17) is 10.6 Å². The van der Waals surface area contributed by atoms with Crippen LogP contribution in [0.3, 0.4) is 0 Å². The molecule has 3 rings (SSSR count). The van der Waals surface area contributed by atoms with Crippen molar-refractivity contribution in [2.75, 3.05) is 23.9 Å². The highest BCUT2D eigenvalue weighted by Gasteiger charge is 2.13. The van der Waals surface area contributed by atoms with Gasteiger partial charge in [-0.25, -0.2) is 0 Å². The van der Waals surface area contributed by atoms with Crippen molar-refractivity contribution >= 4 is 22.1 Å². The van der Waals surface area contributed by atoms with E-state index in [0.29, 0.717) is 6.54 Å². The van der Waals surface area contributed by atoms with Crippen molar-refractivity contribution in [3.8, 4) is 0 Å². The van der Waals surface area contributed by atoms with E-state index >= 15 is 0 Å². The van der Waals surface area contributed by atoms with E-state index in [1.165, 1.54) is 22.0 Å². The molecule has 0 heterocycles. The molecular formula is C26H37N3O. The van der Waals surface area contributed by atoms with Gasteiger partial charge in [-0.05, 0) is 72.0 Å². The Balaban J connectivity index is 0.00000155. The summed E-state index contributed by atoms with van der Waals surface area (Å²) in [5.74, 6) is 0. The van der Waals surface area contributed by atoms with Crippen LogP contribution in [-0.4, -0.2) is 13.1 Å². The zero-order chi connectivity index (χ0) is 21.8. The number of hydrogen-bond donors (Lipinski definition) is 3. The number of aryl methyl sites for hydroxylation is 1. The van der Waals surface area contributed by atoms with Gasteiger partial charge >= 0.3 is 0 Å². The molecular weight excluding hydrogens is 370 g/mol. The van der Waals surface area contributed by atoms with Crippen molar-refractivity contribution in [1.29, 1.82) is 0 Å². The first kappa shape index (κ1) is 23.7. The quantitative estimate of drug-likeness (QED) is 0.328. The highest BCUT2D eigenvalue weighted by Crippen LogP contribution is 2.27. The van der Waals surface area contributed by atoms with Crippen LogP contribution in [0.5, 0.6) is 0 Å². The van der Waals surface area contributed by atoms with Crippen LogP contribution in [0, 0.1) is 0 Å². The Morgan fingerprint density at radius 3 is 2.40 bits per heavy atom. The summed E-state index contributed by atoms with van der Waals surface area (Å²) in [6, 6.07) is 21.1. The molecule has 0 aliphatic heterocycles. The summed E-state index contributed by atoms with van der Waals surface area (Å²) < 4.78 is 0. The maximum Gasteiger partial charge on any atom is 0.112 e. The molecule has 4 N–H and O–H groups in total. The van der Waals surface area contributed by atoms with Gasteiger partial charge < -0.3 is 11.1 Å². The van der Waals surface area contributed by atoms with Gasteiger partial charge in [0.2, 0.25) is 0 Å². The van der Waals surface area contributed by atoms with Crippen LogP contribution in [0.2, 0.25) is 0 Å². The second-order valence-corrected chi connectivity index (χ2v) is 7.04. The minimum absolute atomic E-state index is 0.0995. The number of anilines is 2. The van der Waals surface area contributed by atoms with E-state index in [-0.39, 0.29) is 6.10 Å². The SMILES string of the molecule is CC.CCCNc1ccc(NOC(CCN)c2ccc3ccccc3c2)cc1CC. The highest BCUT2D eigenvalue weighted by atomic mass is 16.7. The molecule has 162 valence electrons. The molecule has 0 amide bonds. The van der Waals surface area contributed by atoms with E-state index in [1.54, 1.807) is 0 Å². The molecule has 0 saturated heterocycles. The molecule has 0 bridgehead atoms. The Morgan fingerprint density at radius 1 is 0.933 bits per heavy atom. The van der Waals surface area contributed by atoms with Crippen LogP contribution in [0.4, 0.5) is 11.4 Å². The van der Waals surface area contributed by atoms with Crippen molar-refractivity contribution in [3.05, 3.63) is 71.8 Å². The van der Waals surface area contributed by atoms with E-state index < -0.39 is 0 Å². The summed E-state index contributed by atoms with van der Waals surface area (Å²) >= 11 is 0. The van der Waals surface area contributed by atoms with Crippen LogP contribution < -0.4 is 16.5 Å².